The predicted octanol–water partition coefficient (Wildman–Crippen LogP) is 2.11. The maximum absolute atomic E-state index is 12.5. The van der Waals surface area contributed by atoms with Crippen molar-refractivity contribution in [1.29, 1.82) is 0 Å². The maximum atomic E-state index is 12.5. The number of nitrogens with one attached hydrogen (secondary N) is 1. The molecule has 1 aliphatic carbocycles. The number of nitrogens with zero attached hydrogens (tertiary/aromatic N) is 3. The normalized spacial score (nSPS) is 19.0. The highest BCUT2D eigenvalue weighted by Crippen LogP contribution is 2.29. The third-order valence-corrected chi connectivity index (χ3v) is 5.79. The van der Waals surface area contributed by atoms with E-state index in [1.165, 1.54) is 0 Å². The molecule has 0 spiro atoms. The summed E-state index contributed by atoms with van der Waals surface area (Å²) in [5.41, 5.74) is 7.78. The van der Waals surface area contributed by atoms with E-state index in [1.54, 1.807) is 6.92 Å². The number of aromatic nitrogens is 2. The predicted molar refractivity (Wildman–Crippen MR) is 104 cm³/mol. The first-order valence-corrected chi connectivity index (χ1v) is 10.1. The summed E-state index contributed by atoms with van der Waals surface area (Å²) in [5, 5.41) is 3.03. The quantitative estimate of drug-likeness (QED) is 0.721. The van der Waals surface area contributed by atoms with Crippen molar-refractivity contribution >= 4 is 29.2 Å². The van der Waals surface area contributed by atoms with Crippen LogP contribution in [0.2, 0.25) is 5.28 Å². The number of piperidine rings is 1. The lowest BCUT2D eigenvalue weighted by atomic mass is 9.90. The minimum Gasteiger partial charge on any atom is -0.383 e. The molecule has 2 fully saturated rings. The van der Waals surface area contributed by atoms with Gasteiger partial charge in [0, 0.05) is 30.3 Å². The van der Waals surface area contributed by atoms with Crippen LogP contribution < -0.4 is 11.1 Å². The number of likely N-dealkylation sites (tertiary alicyclic amines) is 1. The van der Waals surface area contributed by atoms with Crippen molar-refractivity contribution in [3.63, 3.8) is 0 Å². The van der Waals surface area contributed by atoms with E-state index < -0.39 is 6.04 Å². The van der Waals surface area contributed by atoms with Gasteiger partial charge in [-0.1, -0.05) is 0 Å². The van der Waals surface area contributed by atoms with Gasteiger partial charge < -0.3 is 16.0 Å². The molecule has 1 atom stereocenters. The fraction of sp³-hybridized carbons (Fsp3) is 0.684. The molecule has 0 radical (unpaired) electrons. The number of amides is 2. The van der Waals surface area contributed by atoms with Crippen molar-refractivity contribution in [3.05, 3.63) is 16.5 Å². The minimum atomic E-state index is -0.441. The second kappa shape index (κ2) is 8.42. The number of anilines is 1. The number of hydrogen-bond acceptors (Lipinski definition) is 5. The van der Waals surface area contributed by atoms with Crippen molar-refractivity contribution in [1.82, 2.24) is 20.2 Å². The zero-order valence-corrected chi connectivity index (χ0v) is 16.8. The highest BCUT2D eigenvalue weighted by Gasteiger charge is 2.33. The van der Waals surface area contributed by atoms with Gasteiger partial charge in [0.1, 0.15) is 11.9 Å². The van der Waals surface area contributed by atoms with E-state index in [1.807, 2.05) is 11.8 Å². The van der Waals surface area contributed by atoms with Crippen LogP contribution in [0.1, 0.15) is 50.3 Å². The van der Waals surface area contributed by atoms with Crippen LogP contribution in [0.4, 0.5) is 5.82 Å². The Morgan fingerprint density at radius 3 is 2.52 bits per heavy atom. The Bertz CT molecular complexity index is 691. The van der Waals surface area contributed by atoms with Crippen LogP contribution in [0, 0.1) is 18.8 Å². The van der Waals surface area contributed by atoms with Gasteiger partial charge in [-0.3, -0.25) is 9.59 Å². The van der Waals surface area contributed by atoms with E-state index in [0.29, 0.717) is 11.7 Å². The van der Waals surface area contributed by atoms with Crippen LogP contribution >= 0.6 is 11.6 Å². The van der Waals surface area contributed by atoms with E-state index >= 15 is 0 Å². The molecule has 27 heavy (non-hydrogen) atoms. The first-order chi connectivity index (χ1) is 12.8. The SMILES string of the molecule is Cc1nc(Cl)nc(N)c1CCC1CCN(C(=O)[C@H](C)NC(=O)C2CC2)CC1. The molecule has 2 amide bonds. The number of aryl methyl sites for hydroxylation is 1. The van der Waals surface area contributed by atoms with E-state index in [-0.39, 0.29) is 23.0 Å². The van der Waals surface area contributed by atoms with Crippen molar-refractivity contribution < 1.29 is 9.59 Å². The summed E-state index contributed by atoms with van der Waals surface area (Å²) >= 11 is 5.83. The molecular formula is C19H28ClN5O2. The average molecular weight is 394 g/mol. The van der Waals surface area contributed by atoms with Gasteiger partial charge >= 0.3 is 0 Å². The molecule has 0 unspecified atom stereocenters. The summed E-state index contributed by atoms with van der Waals surface area (Å²) < 4.78 is 0. The van der Waals surface area contributed by atoms with Crippen LogP contribution in [0.5, 0.6) is 0 Å². The van der Waals surface area contributed by atoms with Crippen molar-refractivity contribution in [2.24, 2.45) is 11.8 Å². The first kappa shape index (κ1) is 19.9. The number of carbonyl (C=O) groups is 2. The van der Waals surface area contributed by atoms with Gasteiger partial charge in [-0.05, 0) is 69.9 Å². The summed E-state index contributed by atoms with van der Waals surface area (Å²) in [4.78, 5) is 34.5. The Morgan fingerprint density at radius 1 is 1.26 bits per heavy atom. The van der Waals surface area contributed by atoms with E-state index in [4.69, 9.17) is 17.3 Å². The number of carbonyl (C=O) groups excluding carboxylic acids is 2. The van der Waals surface area contributed by atoms with E-state index in [9.17, 15) is 9.59 Å². The Hall–Kier alpha value is -1.89. The first-order valence-electron chi connectivity index (χ1n) is 9.72. The molecule has 1 aromatic heterocycles. The van der Waals surface area contributed by atoms with Crippen LogP contribution in [0.3, 0.4) is 0 Å². The van der Waals surface area contributed by atoms with Crippen molar-refractivity contribution in [3.8, 4) is 0 Å². The summed E-state index contributed by atoms with van der Waals surface area (Å²) in [6.07, 6.45) is 5.62. The van der Waals surface area contributed by atoms with Gasteiger partial charge in [0.2, 0.25) is 17.1 Å². The fourth-order valence-electron chi connectivity index (χ4n) is 3.69. The molecule has 148 valence electrons. The topological polar surface area (TPSA) is 101 Å². The Balaban J connectivity index is 1.44. The molecule has 3 rings (SSSR count). The van der Waals surface area contributed by atoms with Crippen molar-refractivity contribution in [2.75, 3.05) is 18.8 Å². The molecule has 2 heterocycles. The number of rotatable bonds is 6. The van der Waals surface area contributed by atoms with Crippen molar-refractivity contribution in [2.45, 2.75) is 58.4 Å². The van der Waals surface area contributed by atoms with Gasteiger partial charge in [-0.2, -0.15) is 0 Å². The lowest BCUT2D eigenvalue weighted by molar-refractivity contribution is -0.137. The molecule has 1 saturated heterocycles. The van der Waals surface area contributed by atoms with E-state index in [0.717, 1.165) is 62.9 Å². The second-order valence-electron chi connectivity index (χ2n) is 7.75. The fourth-order valence-corrected chi connectivity index (χ4v) is 3.91. The zero-order chi connectivity index (χ0) is 19.6. The van der Waals surface area contributed by atoms with Gasteiger partial charge in [0.25, 0.3) is 0 Å². The monoisotopic (exact) mass is 393 g/mol. The molecule has 0 bridgehead atoms. The number of hydrogen-bond donors (Lipinski definition) is 2. The Labute approximate surface area is 165 Å². The van der Waals surface area contributed by atoms with Crippen LogP contribution in [0.15, 0.2) is 0 Å². The van der Waals surface area contributed by atoms with Crippen LogP contribution in [0.25, 0.3) is 0 Å². The van der Waals surface area contributed by atoms with Gasteiger partial charge in [0.05, 0.1) is 0 Å². The molecule has 1 saturated carbocycles. The van der Waals surface area contributed by atoms with Crippen LogP contribution in [-0.2, 0) is 16.0 Å². The molecule has 0 aromatic carbocycles. The van der Waals surface area contributed by atoms with Gasteiger partial charge in [0.15, 0.2) is 0 Å². The number of nitrogen functional groups attached to an aromatic ring is 1. The lowest BCUT2D eigenvalue weighted by Crippen LogP contribution is -2.49. The smallest absolute Gasteiger partial charge is 0.244 e. The third-order valence-electron chi connectivity index (χ3n) is 5.62. The molecule has 8 heteroatoms. The molecular weight excluding hydrogens is 366 g/mol. The highest BCUT2D eigenvalue weighted by atomic mass is 35.5. The maximum Gasteiger partial charge on any atom is 0.244 e. The molecule has 2 aliphatic rings. The van der Waals surface area contributed by atoms with Gasteiger partial charge in [-0.25, -0.2) is 9.97 Å². The molecule has 3 N–H and O–H groups in total. The summed E-state index contributed by atoms with van der Waals surface area (Å²) in [6.45, 7) is 5.15. The third kappa shape index (κ3) is 5.09. The highest BCUT2D eigenvalue weighted by molar-refractivity contribution is 6.28. The second-order valence-corrected chi connectivity index (χ2v) is 8.09. The zero-order valence-electron chi connectivity index (χ0n) is 16.0. The lowest BCUT2D eigenvalue weighted by Gasteiger charge is -2.34. The summed E-state index contributed by atoms with van der Waals surface area (Å²) in [6, 6.07) is -0.441. The van der Waals surface area contributed by atoms with Crippen LogP contribution in [-0.4, -0.2) is 45.8 Å². The number of nitrogens with two attached hydrogens (primary N) is 1. The average Bonchev–Trinajstić information content (AvgIpc) is 3.46. The minimum absolute atomic E-state index is 0.0175. The standard InChI is InChI=1S/C19H28ClN5O2/c1-11-15(16(21)24-19(20)23-11)6-3-13-7-9-25(10-8-13)18(27)12(2)22-17(26)14-4-5-14/h12-14H,3-10H2,1-2H3,(H,22,26)(H2,21,23,24)/t12-/m0/s1. The molecule has 1 aliphatic heterocycles. The Morgan fingerprint density at radius 2 is 1.93 bits per heavy atom. The largest absolute Gasteiger partial charge is 0.383 e. The summed E-state index contributed by atoms with van der Waals surface area (Å²) in [5.74, 6) is 1.16. The molecule has 7 nitrogen and oxygen atoms in total. The van der Waals surface area contributed by atoms with Gasteiger partial charge in [-0.15, -0.1) is 0 Å². The molecule has 1 aromatic rings. The van der Waals surface area contributed by atoms with E-state index in [2.05, 4.69) is 15.3 Å². The Kier molecular flexibility index (Phi) is 6.19. The number of halogens is 1. The summed E-state index contributed by atoms with van der Waals surface area (Å²) in [7, 11) is 0.